The summed E-state index contributed by atoms with van der Waals surface area (Å²) in [4.78, 5) is 12.1. The molecule has 3 heteroatoms. The number of nitrogens with one attached hydrogen (secondary N) is 1. The van der Waals surface area contributed by atoms with Crippen LogP contribution in [0.4, 0.5) is 0 Å². The first-order chi connectivity index (χ1) is 11.2. The summed E-state index contributed by atoms with van der Waals surface area (Å²) in [5.74, 6) is -0.0545. The molecule has 0 aliphatic carbocycles. The van der Waals surface area contributed by atoms with E-state index in [-0.39, 0.29) is 5.91 Å². The smallest absolute Gasteiger partial charge is 0.251 e. The van der Waals surface area contributed by atoms with Gasteiger partial charge in [-0.05, 0) is 42.2 Å². The van der Waals surface area contributed by atoms with Crippen LogP contribution in [0, 0.1) is 0 Å². The van der Waals surface area contributed by atoms with Crippen molar-refractivity contribution >= 4 is 23.6 Å². The van der Waals surface area contributed by atoms with E-state index in [1.54, 1.807) is 0 Å². The summed E-state index contributed by atoms with van der Waals surface area (Å²) in [6.07, 6.45) is 7.18. The van der Waals surface area contributed by atoms with Gasteiger partial charge in [-0.3, -0.25) is 4.79 Å². The van der Waals surface area contributed by atoms with Crippen molar-refractivity contribution in [1.29, 1.82) is 0 Å². The predicted octanol–water partition coefficient (Wildman–Crippen LogP) is 5.13. The third-order valence-corrected chi connectivity index (χ3v) is 3.94. The van der Waals surface area contributed by atoms with E-state index in [4.69, 9.17) is 11.6 Å². The summed E-state index contributed by atoms with van der Waals surface area (Å²) in [6.45, 7) is 2.72. The van der Waals surface area contributed by atoms with Crippen LogP contribution in [0.1, 0.15) is 41.3 Å². The average Bonchev–Trinajstić information content (AvgIpc) is 2.57. The minimum atomic E-state index is -0.0545. The number of carbonyl (C=O) groups excluding carboxylic acids is 1. The Morgan fingerprint density at radius 3 is 2.57 bits per heavy atom. The van der Waals surface area contributed by atoms with E-state index in [9.17, 15) is 4.79 Å². The monoisotopic (exact) mass is 327 g/mol. The molecule has 0 aliphatic heterocycles. The minimum absolute atomic E-state index is 0.0545. The topological polar surface area (TPSA) is 29.1 Å². The summed E-state index contributed by atoms with van der Waals surface area (Å²) < 4.78 is 0. The lowest BCUT2D eigenvalue weighted by Crippen LogP contribution is -2.25. The molecule has 2 nitrogen and oxygen atoms in total. The van der Waals surface area contributed by atoms with Gasteiger partial charge < -0.3 is 5.32 Å². The molecule has 0 aromatic heterocycles. The molecule has 0 radical (unpaired) electrons. The first-order valence-corrected chi connectivity index (χ1v) is 8.36. The average molecular weight is 328 g/mol. The van der Waals surface area contributed by atoms with Gasteiger partial charge in [0, 0.05) is 17.1 Å². The fourth-order valence-corrected chi connectivity index (χ4v) is 2.48. The van der Waals surface area contributed by atoms with Gasteiger partial charge in [0.15, 0.2) is 0 Å². The van der Waals surface area contributed by atoms with Crippen molar-refractivity contribution in [1.82, 2.24) is 5.32 Å². The van der Waals surface area contributed by atoms with Gasteiger partial charge in [-0.25, -0.2) is 0 Å². The van der Waals surface area contributed by atoms with Crippen LogP contribution in [0.3, 0.4) is 0 Å². The standard InChI is InChI=1S/C20H22ClNO/c1-2-3-4-7-16-10-12-18(13-11-16)20(23)22-15-14-17-8-5-6-9-19(17)21/h4-13H,2-3,14-15H2,1H3,(H,22,23)/b7-4+. The Bertz CT molecular complexity index is 662. The molecule has 2 aromatic rings. The third-order valence-electron chi connectivity index (χ3n) is 3.58. The molecule has 1 amide bonds. The van der Waals surface area contributed by atoms with Gasteiger partial charge in [0.2, 0.25) is 0 Å². The molecular weight excluding hydrogens is 306 g/mol. The number of benzene rings is 2. The van der Waals surface area contributed by atoms with E-state index < -0.39 is 0 Å². The highest BCUT2D eigenvalue weighted by atomic mass is 35.5. The summed E-state index contributed by atoms with van der Waals surface area (Å²) in [5, 5.41) is 3.67. The van der Waals surface area contributed by atoms with Crippen LogP contribution in [-0.4, -0.2) is 12.5 Å². The Morgan fingerprint density at radius 1 is 1.13 bits per heavy atom. The van der Waals surface area contributed by atoms with Crippen LogP contribution >= 0.6 is 11.6 Å². The molecule has 0 bridgehead atoms. The van der Waals surface area contributed by atoms with Crippen molar-refractivity contribution < 1.29 is 4.79 Å². The van der Waals surface area contributed by atoms with E-state index in [1.807, 2.05) is 48.5 Å². The Hall–Kier alpha value is -2.06. The van der Waals surface area contributed by atoms with E-state index in [0.717, 1.165) is 35.4 Å². The minimum Gasteiger partial charge on any atom is -0.352 e. The van der Waals surface area contributed by atoms with Gasteiger partial charge in [0.25, 0.3) is 5.91 Å². The lowest BCUT2D eigenvalue weighted by Gasteiger charge is -2.07. The van der Waals surface area contributed by atoms with Gasteiger partial charge >= 0.3 is 0 Å². The molecule has 0 spiro atoms. The zero-order valence-corrected chi connectivity index (χ0v) is 14.1. The fraction of sp³-hybridized carbons (Fsp3) is 0.250. The zero-order chi connectivity index (χ0) is 16.5. The van der Waals surface area contributed by atoms with Crippen LogP contribution in [0.15, 0.2) is 54.6 Å². The van der Waals surface area contributed by atoms with E-state index in [2.05, 4.69) is 24.4 Å². The number of hydrogen-bond acceptors (Lipinski definition) is 1. The maximum Gasteiger partial charge on any atom is 0.251 e. The van der Waals surface area contributed by atoms with Crippen LogP contribution in [0.5, 0.6) is 0 Å². The number of allylic oxidation sites excluding steroid dienone is 1. The van der Waals surface area contributed by atoms with Crippen LogP contribution in [0.2, 0.25) is 5.02 Å². The van der Waals surface area contributed by atoms with E-state index in [1.165, 1.54) is 0 Å². The maximum atomic E-state index is 12.1. The number of unbranched alkanes of at least 4 members (excludes halogenated alkanes) is 1. The van der Waals surface area contributed by atoms with Crippen molar-refractivity contribution in [2.24, 2.45) is 0 Å². The van der Waals surface area contributed by atoms with E-state index in [0.29, 0.717) is 12.1 Å². The van der Waals surface area contributed by atoms with Gasteiger partial charge in [-0.15, -0.1) is 0 Å². The highest BCUT2D eigenvalue weighted by Gasteiger charge is 2.05. The Kier molecular flexibility index (Phi) is 6.89. The van der Waals surface area contributed by atoms with Crippen LogP contribution in [-0.2, 0) is 6.42 Å². The number of carbonyl (C=O) groups is 1. The van der Waals surface area contributed by atoms with Crippen molar-refractivity contribution in [3.8, 4) is 0 Å². The first kappa shape index (κ1) is 17.3. The van der Waals surface area contributed by atoms with Crippen LogP contribution in [0.25, 0.3) is 6.08 Å². The number of rotatable bonds is 7. The second kappa shape index (κ2) is 9.16. The lowest BCUT2D eigenvalue weighted by molar-refractivity contribution is 0.0954. The second-order valence-corrected chi connectivity index (χ2v) is 5.82. The molecule has 0 fully saturated rings. The molecular formula is C20H22ClNO. The first-order valence-electron chi connectivity index (χ1n) is 7.99. The highest BCUT2D eigenvalue weighted by molar-refractivity contribution is 6.31. The Labute approximate surface area is 143 Å². The third kappa shape index (κ3) is 5.57. The Balaban J connectivity index is 1.85. The summed E-state index contributed by atoms with van der Waals surface area (Å²) in [6, 6.07) is 15.3. The largest absolute Gasteiger partial charge is 0.352 e. The van der Waals surface area contributed by atoms with Crippen molar-refractivity contribution in [2.75, 3.05) is 6.54 Å². The summed E-state index contributed by atoms with van der Waals surface area (Å²) in [7, 11) is 0. The number of hydrogen-bond donors (Lipinski definition) is 1. The van der Waals surface area contributed by atoms with Crippen molar-refractivity contribution in [3.63, 3.8) is 0 Å². The normalized spacial score (nSPS) is 10.9. The second-order valence-electron chi connectivity index (χ2n) is 5.41. The number of amides is 1. The van der Waals surface area contributed by atoms with Gasteiger partial charge in [-0.1, -0.05) is 67.4 Å². The van der Waals surface area contributed by atoms with Crippen molar-refractivity contribution in [3.05, 3.63) is 76.3 Å². The maximum absolute atomic E-state index is 12.1. The molecule has 2 aromatic carbocycles. The van der Waals surface area contributed by atoms with Crippen LogP contribution < -0.4 is 5.32 Å². The molecule has 1 N–H and O–H groups in total. The van der Waals surface area contributed by atoms with Gasteiger partial charge in [0.05, 0.1) is 0 Å². The fourth-order valence-electron chi connectivity index (χ4n) is 2.25. The molecule has 120 valence electrons. The molecule has 2 rings (SSSR count). The quantitative estimate of drug-likeness (QED) is 0.750. The van der Waals surface area contributed by atoms with Gasteiger partial charge in [0.1, 0.15) is 0 Å². The SMILES string of the molecule is CCC/C=C/c1ccc(C(=O)NCCc2ccccc2Cl)cc1. The molecule has 0 unspecified atom stereocenters. The predicted molar refractivity (Wildman–Crippen MR) is 97.9 cm³/mol. The summed E-state index contributed by atoms with van der Waals surface area (Å²) >= 11 is 6.11. The molecule has 0 aliphatic rings. The van der Waals surface area contributed by atoms with Crippen molar-refractivity contribution in [2.45, 2.75) is 26.2 Å². The highest BCUT2D eigenvalue weighted by Crippen LogP contribution is 2.15. The molecule has 23 heavy (non-hydrogen) atoms. The summed E-state index contributed by atoms with van der Waals surface area (Å²) in [5.41, 5.74) is 2.84. The molecule has 0 atom stereocenters. The lowest BCUT2D eigenvalue weighted by atomic mass is 10.1. The molecule has 0 saturated heterocycles. The zero-order valence-electron chi connectivity index (χ0n) is 13.4. The molecule has 0 saturated carbocycles. The Morgan fingerprint density at radius 2 is 1.87 bits per heavy atom. The molecule has 0 heterocycles. The van der Waals surface area contributed by atoms with E-state index >= 15 is 0 Å². The number of halogens is 1. The van der Waals surface area contributed by atoms with Gasteiger partial charge in [-0.2, -0.15) is 0 Å².